The fourth-order valence-corrected chi connectivity index (χ4v) is 2.32. The van der Waals surface area contributed by atoms with Crippen molar-refractivity contribution in [3.63, 3.8) is 0 Å². The molecule has 2 rings (SSSR count). The summed E-state index contributed by atoms with van der Waals surface area (Å²) < 4.78 is 0. The van der Waals surface area contributed by atoms with Crippen molar-refractivity contribution >= 4 is 23.6 Å². The van der Waals surface area contributed by atoms with Crippen molar-refractivity contribution in [2.75, 3.05) is 0 Å². The molecule has 0 radical (unpaired) electrons. The van der Waals surface area contributed by atoms with Crippen molar-refractivity contribution in [2.45, 2.75) is 18.9 Å². The molecule has 21 heavy (non-hydrogen) atoms. The fraction of sp³-hybridized carbons (Fsp3) is 0.200. The third-order valence-electron chi connectivity index (χ3n) is 3.31. The number of rotatable bonds is 4. The monoisotopic (exact) mass is 286 g/mol. The molecule has 6 heteroatoms. The molecule has 0 aromatic heterocycles. The number of piperidine rings is 1. The summed E-state index contributed by atoms with van der Waals surface area (Å²) in [5.74, 6) is -2.18. The van der Waals surface area contributed by atoms with Crippen LogP contribution in [0.1, 0.15) is 12.8 Å². The highest BCUT2D eigenvalue weighted by molar-refractivity contribution is 6.23. The van der Waals surface area contributed by atoms with Crippen LogP contribution in [-0.2, 0) is 19.2 Å². The highest BCUT2D eigenvalue weighted by atomic mass is 16.2. The van der Waals surface area contributed by atoms with Gasteiger partial charge in [0.05, 0.1) is 11.1 Å². The summed E-state index contributed by atoms with van der Waals surface area (Å²) in [4.78, 5) is 48.6. The van der Waals surface area contributed by atoms with E-state index in [2.05, 4.69) is 18.5 Å². The summed E-state index contributed by atoms with van der Waals surface area (Å²) in [6.45, 7) is 7.02. The van der Waals surface area contributed by atoms with Gasteiger partial charge in [-0.05, 0) is 12.5 Å². The second-order valence-electron chi connectivity index (χ2n) is 4.57. The van der Waals surface area contributed by atoms with Crippen LogP contribution in [0.4, 0.5) is 0 Å². The molecule has 4 amide bonds. The first-order valence-corrected chi connectivity index (χ1v) is 6.38. The van der Waals surface area contributed by atoms with E-state index in [1.807, 2.05) is 0 Å². The zero-order valence-corrected chi connectivity index (χ0v) is 11.3. The Labute approximate surface area is 121 Å². The van der Waals surface area contributed by atoms with Gasteiger partial charge < -0.3 is 0 Å². The van der Waals surface area contributed by atoms with Gasteiger partial charge in [0.2, 0.25) is 11.8 Å². The number of hydrogen-bond acceptors (Lipinski definition) is 4. The first kappa shape index (κ1) is 14.6. The summed E-state index contributed by atoms with van der Waals surface area (Å²) in [5, 5.41) is 2.14. The first-order chi connectivity index (χ1) is 10.0. The summed E-state index contributed by atoms with van der Waals surface area (Å²) in [6.07, 6.45) is 5.96. The Bertz CT molecular complexity index is 628. The number of nitrogens with zero attached hydrogens (tertiary/aromatic N) is 1. The number of carbonyl (C=O) groups is 4. The first-order valence-electron chi connectivity index (χ1n) is 6.38. The van der Waals surface area contributed by atoms with Crippen molar-refractivity contribution in [1.82, 2.24) is 10.2 Å². The molecule has 1 atom stereocenters. The number of imide groups is 2. The van der Waals surface area contributed by atoms with Crippen LogP contribution in [0, 0.1) is 0 Å². The number of hydrogen-bond donors (Lipinski definition) is 1. The van der Waals surface area contributed by atoms with E-state index in [0.717, 1.165) is 4.90 Å². The fourth-order valence-electron chi connectivity index (χ4n) is 2.32. The molecule has 1 saturated heterocycles. The third kappa shape index (κ3) is 2.47. The predicted molar refractivity (Wildman–Crippen MR) is 74.6 cm³/mol. The predicted octanol–water partition coefficient (Wildman–Crippen LogP) is 0.385. The van der Waals surface area contributed by atoms with Gasteiger partial charge in [-0.1, -0.05) is 31.4 Å². The zero-order valence-electron chi connectivity index (χ0n) is 11.3. The van der Waals surface area contributed by atoms with Crippen molar-refractivity contribution in [2.24, 2.45) is 0 Å². The Kier molecular flexibility index (Phi) is 3.98. The average Bonchev–Trinajstić information content (AvgIpc) is 2.68. The molecule has 2 aliphatic rings. The average molecular weight is 286 g/mol. The molecular weight excluding hydrogens is 272 g/mol. The van der Waals surface area contributed by atoms with Crippen LogP contribution in [0.3, 0.4) is 0 Å². The van der Waals surface area contributed by atoms with Gasteiger partial charge in [0.1, 0.15) is 6.04 Å². The SMILES string of the molecule is C=C/C=C\C1=C(C=C)C(=O)N(C2CCC(=O)NC2=O)C1=O. The van der Waals surface area contributed by atoms with Crippen LogP contribution in [0.5, 0.6) is 0 Å². The summed E-state index contributed by atoms with van der Waals surface area (Å²) in [6, 6.07) is -0.965. The molecular formula is C15H14N2O4. The molecule has 1 N–H and O–H groups in total. The van der Waals surface area contributed by atoms with E-state index in [1.54, 1.807) is 0 Å². The number of amides is 4. The van der Waals surface area contributed by atoms with E-state index in [9.17, 15) is 19.2 Å². The van der Waals surface area contributed by atoms with E-state index in [4.69, 9.17) is 0 Å². The minimum Gasteiger partial charge on any atom is -0.295 e. The van der Waals surface area contributed by atoms with Gasteiger partial charge in [0, 0.05) is 6.42 Å². The second kappa shape index (κ2) is 5.70. The molecule has 2 heterocycles. The Hall–Kier alpha value is -2.76. The van der Waals surface area contributed by atoms with Gasteiger partial charge >= 0.3 is 0 Å². The maximum atomic E-state index is 12.4. The maximum Gasteiger partial charge on any atom is 0.262 e. The van der Waals surface area contributed by atoms with Crippen LogP contribution >= 0.6 is 0 Å². The van der Waals surface area contributed by atoms with E-state index in [0.29, 0.717) is 0 Å². The largest absolute Gasteiger partial charge is 0.295 e. The van der Waals surface area contributed by atoms with E-state index in [1.165, 1.54) is 24.3 Å². The number of nitrogens with one attached hydrogen (secondary N) is 1. The number of allylic oxidation sites excluding steroid dienone is 2. The van der Waals surface area contributed by atoms with Gasteiger partial charge in [-0.2, -0.15) is 0 Å². The lowest BCUT2D eigenvalue weighted by atomic mass is 10.0. The van der Waals surface area contributed by atoms with Crippen LogP contribution in [0.25, 0.3) is 0 Å². The Morgan fingerprint density at radius 2 is 1.76 bits per heavy atom. The van der Waals surface area contributed by atoms with Gasteiger partial charge in [-0.3, -0.25) is 29.4 Å². The minimum absolute atomic E-state index is 0.0920. The molecule has 6 nitrogen and oxygen atoms in total. The van der Waals surface area contributed by atoms with Gasteiger partial charge in [-0.15, -0.1) is 0 Å². The Morgan fingerprint density at radius 3 is 2.33 bits per heavy atom. The summed E-state index contributed by atoms with van der Waals surface area (Å²) in [5.41, 5.74) is 0.308. The molecule has 0 bridgehead atoms. The Morgan fingerprint density at radius 1 is 1.10 bits per heavy atom. The third-order valence-corrected chi connectivity index (χ3v) is 3.31. The normalized spacial score (nSPS) is 23.0. The molecule has 2 aliphatic heterocycles. The lowest BCUT2D eigenvalue weighted by molar-refractivity contribution is -0.149. The summed E-state index contributed by atoms with van der Waals surface area (Å²) >= 11 is 0. The lowest BCUT2D eigenvalue weighted by Gasteiger charge is -2.28. The standard InChI is InChI=1S/C15H14N2O4/c1-3-5-6-10-9(4-2)14(20)17(15(10)21)11-7-8-12(18)16-13(11)19/h3-6,11H,1-2,7-8H2,(H,16,18,19)/b6-5-. The van der Waals surface area contributed by atoms with E-state index in [-0.39, 0.29) is 24.0 Å². The van der Waals surface area contributed by atoms with Crippen LogP contribution in [0.2, 0.25) is 0 Å². The molecule has 0 spiro atoms. The minimum atomic E-state index is -0.965. The quantitative estimate of drug-likeness (QED) is 0.598. The van der Waals surface area contributed by atoms with E-state index >= 15 is 0 Å². The topological polar surface area (TPSA) is 83.6 Å². The van der Waals surface area contributed by atoms with Crippen molar-refractivity contribution in [1.29, 1.82) is 0 Å². The zero-order chi connectivity index (χ0) is 15.6. The van der Waals surface area contributed by atoms with Crippen molar-refractivity contribution in [3.8, 4) is 0 Å². The molecule has 0 aromatic rings. The van der Waals surface area contributed by atoms with Crippen LogP contribution < -0.4 is 5.32 Å². The molecule has 108 valence electrons. The summed E-state index contributed by atoms with van der Waals surface area (Å²) in [7, 11) is 0. The van der Waals surface area contributed by atoms with Gasteiger partial charge in [-0.25, -0.2) is 0 Å². The molecule has 1 fully saturated rings. The highest BCUT2D eigenvalue weighted by Gasteiger charge is 2.44. The van der Waals surface area contributed by atoms with Gasteiger partial charge in [0.25, 0.3) is 11.8 Å². The lowest BCUT2D eigenvalue weighted by Crippen LogP contribution is -2.54. The van der Waals surface area contributed by atoms with Crippen molar-refractivity contribution < 1.29 is 19.2 Å². The van der Waals surface area contributed by atoms with Gasteiger partial charge in [0.15, 0.2) is 0 Å². The molecule has 0 saturated carbocycles. The van der Waals surface area contributed by atoms with E-state index < -0.39 is 29.7 Å². The molecule has 0 aromatic carbocycles. The number of carbonyl (C=O) groups excluding carboxylic acids is 4. The Balaban J connectivity index is 2.35. The highest BCUT2D eigenvalue weighted by Crippen LogP contribution is 2.27. The smallest absolute Gasteiger partial charge is 0.262 e. The second-order valence-corrected chi connectivity index (χ2v) is 4.57. The maximum absolute atomic E-state index is 12.4. The molecule has 1 unspecified atom stereocenters. The van der Waals surface area contributed by atoms with Crippen LogP contribution in [0.15, 0.2) is 48.6 Å². The van der Waals surface area contributed by atoms with Crippen molar-refractivity contribution in [3.05, 3.63) is 48.6 Å². The van der Waals surface area contributed by atoms with Crippen LogP contribution in [-0.4, -0.2) is 34.6 Å². The molecule has 0 aliphatic carbocycles.